The van der Waals surface area contributed by atoms with Gasteiger partial charge in [0.15, 0.2) is 24.1 Å². The monoisotopic (exact) mass is 790 g/mol. The molecule has 2 heterocycles. The number of epoxide rings is 1. The lowest BCUT2D eigenvalue weighted by atomic mass is 9.31. The van der Waals surface area contributed by atoms with E-state index in [9.17, 15) is 43.5 Å². The maximum absolute atomic E-state index is 13.9. The number of fused-ring (bicyclic) bond motifs is 9. The largest absolute Gasteiger partial charge is 0.467 e. The van der Waals surface area contributed by atoms with Crippen LogP contribution in [0.2, 0.25) is 0 Å². The third kappa shape index (κ3) is 5.31. The van der Waals surface area contributed by atoms with Gasteiger partial charge in [-0.1, -0.05) is 19.9 Å². The van der Waals surface area contributed by atoms with Crippen molar-refractivity contribution in [3.63, 3.8) is 0 Å². The molecule has 308 valence electrons. The second-order valence-electron chi connectivity index (χ2n) is 16.9. The Morgan fingerprint density at radius 1 is 0.839 bits per heavy atom. The zero-order valence-electron chi connectivity index (χ0n) is 33.2. The number of rotatable bonds is 7. The number of Topliss-reactive ketones (excluding diaryl/α,β-unsaturated/α-hetero) is 1. The molecule has 15 atom stereocenters. The molecule has 5 fully saturated rings. The number of hydrogen-bond donors (Lipinski definition) is 1. The molecule has 0 radical (unpaired) electrons. The van der Waals surface area contributed by atoms with Gasteiger partial charge < -0.3 is 43.0 Å². The van der Waals surface area contributed by atoms with Gasteiger partial charge in [0.05, 0.1) is 23.5 Å². The zero-order chi connectivity index (χ0) is 41.7. The van der Waals surface area contributed by atoms with Crippen LogP contribution in [0.15, 0.2) is 12.2 Å². The average Bonchev–Trinajstić information content (AvgIpc) is 3.87. The Kier molecular flexibility index (Phi) is 9.84. The van der Waals surface area contributed by atoms with Gasteiger partial charge in [-0.3, -0.25) is 28.8 Å². The van der Waals surface area contributed by atoms with Crippen LogP contribution in [0.25, 0.3) is 0 Å². The van der Waals surface area contributed by atoms with Crippen LogP contribution >= 0.6 is 0 Å². The molecule has 17 heteroatoms. The van der Waals surface area contributed by atoms with Gasteiger partial charge in [0, 0.05) is 58.4 Å². The molecule has 6 rings (SSSR count). The minimum absolute atomic E-state index is 0.0531. The molecule has 0 bridgehead atoms. The van der Waals surface area contributed by atoms with Crippen LogP contribution < -0.4 is 0 Å². The fourth-order valence-electron chi connectivity index (χ4n) is 12.5. The molecule has 4 aliphatic carbocycles. The van der Waals surface area contributed by atoms with Crippen LogP contribution in [0.5, 0.6) is 0 Å². The number of allylic oxidation sites excluding steroid dienone is 1. The Hall–Kier alpha value is -4.38. The molecule has 4 saturated carbocycles. The molecule has 56 heavy (non-hydrogen) atoms. The highest BCUT2D eigenvalue weighted by atomic mass is 16.7. The van der Waals surface area contributed by atoms with Crippen LogP contribution in [0.4, 0.5) is 0 Å². The van der Waals surface area contributed by atoms with Gasteiger partial charge in [0.1, 0.15) is 24.9 Å². The zero-order valence-corrected chi connectivity index (χ0v) is 33.2. The summed E-state index contributed by atoms with van der Waals surface area (Å²) in [5, 5.41) is 13.5. The van der Waals surface area contributed by atoms with Crippen molar-refractivity contribution in [1.29, 1.82) is 0 Å². The lowest BCUT2D eigenvalue weighted by Gasteiger charge is -2.74. The number of aliphatic hydroxyl groups is 1. The first-order chi connectivity index (χ1) is 25.9. The van der Waals surface area contributed by atoms with Crippen LogP contribution in [0.3, 0.4) is 0 Å². The number of ketones is 1. The summed E-state index contributed by atoms with van der Waals surface area (Å²) in [6.07, 6.45) is -6.43. The highest BCUT2D eigenvalue weighted by Gasteiger charge is 2.92. The summed E-state index contributed by atoms with van der Waals surface area (Å²) in [5.74, 6) is -9.63. The van der Waals surface area contributed by atoms with Crippen molar-refractivity contribution in [3.8, 4) is 0 Å². The fraction of sp³-hybridized carbons (Fsp3) is 0.744. The smallest absolute Gasteiger partial charge is 0.342 e. The van der Waals surface area contributed by atoms with Gasteiger partial charge >= 0.3 is 41.8 Å². The lowest BCUT2D eigenvalue weighted by molar-refractivity contribution is -0.356. The summed E-state index contributed by atoms with van der Waals surface area (Å²) < 4.78 is 47.2. The lowest BCUT2D eigenvalue weighted by Crippen LogP contribution is -2.84. The van der Waals surface area contributed by atoms with Crippen molar-refractivity contribution >= 4 is 47.6 Å². The summed E-state index contributed by atoms with van der Waals surface area (Å²) in [4.78, 5) is 106. The molecule has 0 aromatic heterocycles. The Morgan fingerprint density at radius 3 is 1.96 bits per heavy atom. The standard InChI is InChI=1S/C39H50O17/c1-17(51-18(2)40)37-16-50-26(46)12-11-24(37)34(7)14-13-25-35(8,28(34)27(52-19(3)41)30(37)53-20(4)42)31(54-21(5)43)32(55-22(6)44)36(9)38(25,48)15-23(45)29-39(36,56-29)33(47)49-10/h11-12,17,24-25,27-32,48H,13-16H2,1-10H3/t17-,24?,25?,27?,28?,29?,30?,31?,32?,34?,35?,36?,37?,38?,39?/m0/s1. The van der Waals surface area contributed by atoms with E-state index >= 15 is 0 Å². The molecular formula is C39H50O17. The Labute approximate surface area is 323 Å². The number of hydrogen-bond acceptors (Lipinski definition) is 17. The second kappa shape index (κ2) is 13.4. The number of ether oxygens (including phenoxy) is 8. The molecule has 1 N–H and O–H groups in total. The molecule has 1 saturated heterocycles. The number of carbonyl (C=O) groups excluding carboxylic acids is 8. The van der Waals surface area contributed by atoms with Gasteiger partial charge in [-0.25, -0.2) is 9.59 Å². The van der Waals surface area contributed by atoms with Gasteiger partial charge in [-0.05, 0) is 43.9 Å². The first-order valence-corrected chi connectivity index (χ1v) is 18.7. The van der Waals surface area contributed by atoms with E-state index in [0.717, 1.165) is 34.8 Å². The molecule has 0 amide bonds. The minimum Gasteiger partial charge on any atom is -0.467 e. The maximum atomic E-state index is 13.9. The van der Waals surface area contributed by atoms with Crippen LogP contribution in [0.1, 0.15) is 81.6 Å². The number of esters is 7. The van der Waals surface area contributed by atoms with E-state index < -0.39 is 148 Å². The summed E-state index contributed by atoms with van der Waals surface area (Å²) in [6.45, 7) is 11.7. The molecule has 0 aromatic rings. The Balaban J connectivity index is 1.72. The second-order valence-corrected chi connectivity index (χ2v) is 16.9. The van der Waals surface area contributed by atoms with Crippen molar-refractivity contribution in [3.05, 3.63) is 12.2 Å². The Bertz CT molecular complexity index is 1810. The maximum Gasteiger partial charge on any atom is 0.342 e. The van der Waals surface area contributed by atoms with E-state index in [2.05, 4.69) is 0 Å². The molecule has 14 unspecified atom stereocenters. The highest BCUT2D eigenvalue weighted by molar-refractivity contribution is 6.01. The minimum atomic E-state index is -2.26. The van der Waals surface area contributed by atoms with Crippen molar-refractivity contribution in [2.45, 2.75) is 129 Å². The first kappa shape index (κ1) is 41.3. The van der Waals surface area contributed by atoms with Crippen molar-refractivity contribution < 1.29 is 81.4 Å². The van der Waals surface area contributed by atoms with E-state index in [1.54, 1.807) is 19.9 Å². The predicted octanol–water partition coefficient (Wildman–Crippen LogP) is 1.47. The number of methoxy groups -OCH3 is 1. The van der Waals surface area contributed by atoms with Gasteiger partial charge in [0.25, 0.3) is 0 Å². The van der Waals surface area contributed by atoms with Crippen molar-refractivity contribution in [2.24, 2.45) is 39.4 Å². The van der Waals surface area contributed by atoms with Crippen LogP contribution in [-0.4, -0.2) is 114 Å². The first-order valence-electron chi connectivity index (χ1n) is 18.7. The normalized spacial score (nSPS) is 44.9. The predicted molar refractivity (Wildman–Crippen MR) is 184 cm³/mol. The molecule has 0 aromatic carbocycles. The van der Waals surface area contributed by atoms with E-state index in [1.807, 2.05) is 6.92 Å². The SMILES string of the molecule is COC(=O)C12OC1C(=O)CC1(O)C3CCC4(C)C(C(OC(C)=O)C(OC(C)=O)C5([C@H](C)OC(C)=O)COC(=O)C=CC45)C3(C)C(OC(C)=O)C(OC(C)=O)C12C. The van der Waals surface area contributed by atoms with Gasteiger partial charge in [-0.15, -0.1) is 0 Å². The summed E-state index contributed by atoms with van der Waals surface area (Å²) in [7, 11) is 1.08. The van der Waals surface area contributed by atoms with Crippen LogP contribution in [-0.2, 0) is 76.3 Å². The highest BCUT2D eigenvalue weighted by Crippen LogP contribution is 2.78. The number of carbonyl (C=O) groups is 8. The third-order valence-electron chi connectivity index (χ3n) is 14.3. The molecule has 17 nitrogen and oxygen atoms in total. The van der Waals surface area contributed by atoms with E-state index in [-0.39, 0.29) is 12.8 Å². The molecule has 0 spiro atoms. The quantitative estimate of drug-likeness (QED) is 0.218. The summed E-state index contributed by atoms with van der Waals surface area (Å²) >= 11 is 0. The van der Waals surface area contributed by atoms with Crippen molar-refractivity contribution in [1.82, 2.24) is 0 Å². The number of cyclic esters (lactones) is 1. The molecule has 6 aliphatic rings. The summed E-state index contributed by atoms with van der Waals surface area (Å²) in [5.41, 5.74) is -10.9. The third-order valence-corrected chi connectivity index (χ3v) is 14.3. The van der Waals surface area contributed by atoms with Crippen molar-refractivity contribution in [2.75, 3.05) is 13.7 Å². The van der Waals surface area contributed by atoms with E-state index in [0.29, 0.717) is 0 Å². The Morgan fingerprint density at radius 2 is 1.41 bits per heavy atom. The fourth-order valence-corrected chi connectivity index (χ4v) is 12.5. The molecule has 2 aliphatic heterocycles. The van der Waals surface area contributed by atoms with E-state index in [1.165, 1.54) is 19.9 Å². The molecular weight excluding hydrogens is 740 g/mol. The van der Waals surface area contributed by atoms with E-state index in [4.69, 9.17) is 37.9 Å². The summed E-state index contributed by atoms with van der Waals surface area (Å²) in [6, 6.07) is 0. The van der Waals surface area contributed by atoms with Gasteiger partial charge in [0.2, 0.25) is 5.60 Å². The van der Waals surface area contributed by atoms with Crippen LogP contribution in [0, 0.1) is 39.4 Å². The average molecular weight is 791 g/mol. The topological polar surface area (TPSA) is 234 Å². The van der Waals surface area contributed by atoms with Gasteiger partial charge in [-0.2, -0.15) is 0 Å².